The predicted octanol–water partition coefficient (Wildman–Crippen LogP) is 1.14. The largest absolute Gasteiger partial charge is 0.493 e. The number of carboxylic acid groups (broad SMARTS) is 1. The number of amides is 2. The number of piperidine rings is 1. The van der Waals surface area contributed by atoms with E-state index in [0.29, 0.717) is 48.9 Å². The molecule has 0 bridgehead atoms. The SMILES string of the molecule is COc1cc(N2C(=O)CC(N3CCC(C(=O)O)CC3)C2=O)cc(OC)c1OC. The number of likely N-dealkylation sites (tertiary alicyclic amines) is 1. The molecule has 0 saturated carbocycles. The second-order valence-corrected chi connectivity index (χ2v) is 6.82. The van der Waals surface area contributed by atoms with E-state index in [1.807, 2.05) is 4.90 Å². The van der Waals surface area contributed by atoms with Crippen LogP contribution in [0.2, 0.25) is 0 Å². The number of anilines is 1. The number of aliphatic carboxylic acids is 1. The Balaban J connectivity index is 1.84. The molecule has 28 heavy (non-hydrogen) atoms. The van der Waals surface area contributed by atoms with Crippen molar-refractivity contribution in [3.8, 4) is 17.2 Å². The number of methoxy groups -OCH3 is 3. The molecule has 0 aliphatic carbocycles. The highest BCUT2D eigenvalue weighted by molar-refractivity contribution is 6.22. The lowest BCUT2D eigenvalue weighted by atomic mass is 9.96. The maximum Gasteiger partial charge on any atom is 0.306 e. The van der Waals surface area contributed by atoms with Crippen LogP contribution < -0.4 is 19.1 Å². The van der Waals surface area contributed by atoms with Gasteiger partial charge in [-0.2, -0.15) is 0 Å². The summed E-state index contributed by atoms with van der Waals surface area (Å²) in [5.74, 6) is -0.772. The van der Waals surface area contributed by atoms with Crippen molar-refractivity contribution < 1.29 is 33.7 Å². The Labute approximate surface area is 162 Å². The van der Waals surface area contributed by atoms with E-state index < -0.39 is 17.9 Å². The summed E-state index contributed by atoms with van der Waals surface area (Å²) in [6.07, 6.45) is 1.00. The second kappa shape index (κ2) is 8.05. The number of hydrogen-bond acceptors (Lipinski definition) is 7. The molecule has 9 heteroatoms. The quantitative estimate of drug-likeness (QED) is 0.719. The molecule has 1 atom stereocenters. The number of carbonyl (C=O) groups excluding carboxylic acids is 2. The highest BCUT2D eigenvalue weighted by Crippen LogP contribution is 2.42. The molecule has 3 rings (SSSR count). The van der Waals surface area contributed by atoms with Crippen molar-refractivity contribution in [1.29, 1.82) is 0 Å². The third-order valence-corrected chi connectivity index (χ3v) is 5.35. The summed E-state index contributed by atoms with van der Waals surface area (Å²) < 4.78 is 15.9. The van der Waals surface area contributed by atoms with Gasteiger partial charge < -0.3 is 19.3 Å². The number of nitrogens with zero attached hydrogens (tertiary/aromatic N) is 2. The highest BCUT2D eigenvalue weighted by atomic mass is 16.5. The number of ether oxygens (including phenoxy) is 3. The van der Waals surface area contributed by atoms with Gasteiger partial charge in [0.15, 0.2) is 11.5 Å². The van der Waals surface area contributed by atoms with Crippen LogP contribution >= 0.6 is 0 Å². The Kier molecular flexibility index (Phi) is 5.73. The monoisotopic (exact) mass is 392 g/mol. The minimum Gasteiger partial charge on any atom is -0.493 e. The van der Waals surface area contributed by atoms with E-state index in [2.05, 4.69) is 0 Å². The van der Waals surface area contributed by atoms with E-state index in [-0.39, 0.29) is 18.2 Å². The number of carbonyl (C=O) groups is 3. The lowest BCUT2D eigenvalue weighted by molar-refractivity contribution is -0.143. The van der Waals surface area contributed by atoms with E-state index in [0.717, 1.165) is 4.90 Å². The molecule has 9 nitrogen and oxygen atoms in total. The lowest BCUT2D eigenvalue weighted by Crippen LogP contribution is -2.46. The van der Waals surface area contributed by atoms with Crippen LogP contribution in [0.25, 0.3) is 0 Å². The first kappa shape index (κ1) is 19.9. The average molecular weight is 392 g/mol. The van der Waals surface area contributed by atoms with E-state index in [9.17, 15) is 14.4 Å². The molecular formula is C19H24N2O7. The van der Waals surface area contributed by atoms with Crippen LogP contribution in [-0.2, 0) is 14.4 Å². The van der Waals surface area contributed by atoms with Gasteiger partial charge in [-0.25, -0.2) is 4.90 Å². The predicted molar refractivity (Wildman–Crippen MR) is 98.9 cm³/mol. The molecule has 2 amide bonds. The number of imide groups is 1. The molecule has 2 aliphatic heterocycles. The summed E-state index contributed by atoms with van der Waals surface area (Å²) in [5.41, 5.74) is 0.354. The topological polar surface area (TPSA) is 106 Å². The first-order chi connectivity index (χ1) is 13.4. The van der Waals surface area contributed by atoms with Crippen LogP contribution in [-0.4, -0.2) is 68.3 Å². The van der Waals surface area contributed by atoms with Gasteiger partial charge in [-0.1, -0.05) is 0 Å². The molecule has 0 aromatic heterocycles. The van der Waals surface area contributed by atoms with E-state index >= 15 is 0 Å². The summed E-state index contributed by atoms with van der Waals surface area (Å²) >= 11 is 0. The molecule has 2 heterocycles. The fourth-order valence-corrected chi connectivity index (χ4v) is 3.83. The summed E-state index contributed by atoms with van der Waals surface area (Å²) in [6.45, 7) is 0.952. The smallest absolute Gasteiger partial charge is 0.306 e. The molecule has 0 radical (unpaired) electrons. The normalized spacial score (nSPS) is 21.1. The number of carboxylic acids is 1. The fraction of sp³-hybridized carbons (Fsp3) is 0.526. The van der Waals surface area contributed by atoms with E-state index in [4.69, 9.17) is 19.3 Å². The molecule has 1 aromatic rings. The number of rotatable bonds is 6. The first-order valence-corrected chi connectivity index (χ1v) is 9.04. The maximum atomic E-state index is 13.0. The van der Waals surface area contributed by atoms with Crippen LogP contribution in [0.15, 0.2) is 12.1 Å². The van der Waals surface area contributed by atoms with E-state index in [1.54, 1.807) is 12.1 Å². The second-order valence-electron chi connectivity index (χ2n) is 6.82. The van der Waals surface area contributed by atoms with Gasteiger partial charge in [-0.3, -0.25) is 19.3 Å². The zero-order valence-electron chi connectivity index (χ0n) is 16.1. The molecule has 1 N–H and O–H groups in total. The van der Waals surface area contributed by atoms with Gasteiger partial charge in [0.25, 0.3) is 5.91 Å². The molecular weight excluding hydrogens is 368 g/mol. The Hall–Kier alpha value is -2.81. The minimum absolute atomic E-state index is 0.0627. The van der Waals surface area contributed by atoms with Crippen LogP contribution in [0.1, 0.15) is 19.3 Å². The maximum absolute atomic E-state index is 13.0. The molecule has 2 fully saturated rings. The summed E-state index contributed by atoms with van der Waals surface area (Å²) in [5, 5.41) is 9.13. The zero-order valence-corrected chi connectivity index (χ0v) is 16.1. The van der Waals surface area contributed by atoms with Gasteiger partial charge in [0.05, 0.1) is 45.4 Å². The molecule has 1 unspecified atom stereocenters. The van der Waals surface area contributed by atoms with Gasteiger partial charge in [0.2, 0.25) is 11.7 Å². The van der Waals surface area contributed by atoms with Crippen LogP contribution in [0.4, 0.5) is 5.69 Å². The lowest BCUT2D eigenvalue weighted by Gasteiger charge is -2.33. The fourth-order valence-electron chi connectivity index (χ4n) is 3.83. The Bertz CT molecular complexity index is 761. The Morgan fingerprint density at radius 1 is 1.04 bits per heavy atom. The number of hydrogen-bond donors (Lipinski definition) is 1. The van der Waals surface area contributed by atoms with Crippen molar-refractivity contribution >= 4 is 23.5 Å². The number of benzene rings is 1. The summed E-state index contributed by atoms with van der Waals surface area (Å²) in [7, 11) is 4.40. The third-order valence-electron chi connectivity index (χ3n) is 5.35. The van der Waals surface area contributed by atoms with Crippen LogP contribution in [0.3, 0.4) is 0 Å². The van der Waals surface area contributed by atoms with Crippen molar-refractivity contribution in [3.63, 3.8) is 0 Å². The summed E-state index contributed by atoms with van der Waals surface area (Å²) in [4.78, 5) is 39.8. The van der Waals surface area contributed by atoms with Gasteiger partial charge in [-0.05, 0) is 25.9 Å². The Morgan fingerprint density at radius 2 is 1.61 bits per heavy atom. The van der Waals surface area contributed by atoms with Gasteiger partial charge in [-0.15, -0.1) is 0 Å². The van der Waals surface area contributed by atoms with Gasteiger partial charge in [0, 0.05) is 12.1 Å². The summed E-state index contributed by atoms with van der Waals surface area (Å²) in [6, 6.07) is 2.55. The molecule has 2 saturated heterocycles. The molecule has 2 aliphatic rings. The third kappa shape index (κ3) is 3.49. The zero-order chi connectivity index (χ0) is 20.4. The van der Waals surface area contributed by atoms with Crippen molar-refractivity contribution in [2.75, 3.05) is 39.3 Å². The average Bonchev–Trinajstić information content (AvgIpc) is 3.00. The van der Waals surface area contributed by atoms with Crippen LogP contribution in [0.5, 0.6) is 17.2 Å². The molecule has 152 valence electrons. The van der Waals surface area contributed by atoms with Crippen molar-refractivity contribution in [2.45, 2.75) is 25.3 Å². The first-order valence-electron chi connectivity index (χ1n) is 9.04. The van der Waals surface area contributed by atoms with Gasteiger partial charge >= 0.3 is 5.97 Å². The van der Waals surface area contributed by atoms with Crippen molar-refractivity contribution in [1.82, 2.24) is 4.90 Å². The van der Waals surface area contributed by atoms with Crippen molar-refractivity contribution in [2.24, 2.45) is 5.92 Å². The van der Waals surface area contributed by atoms with Crippen molar-refractivity contribution in [3.05, 3.63) is 12.1 Å². The van der Waals surface area contributed by atoms with Crippen LogP contribution in [0, 0.1) is 5.92 Å². The van der Waals surface area contributed by atoms with E-state index in [1.165, 1.54) is 21.3 Å². The highest BCUT2D eigenvalue weighted by Gasteiger charge is 2.44. The minimum atomic E-state index is -0.812. The molecule has 1 aromatic carbocycles. The van der Waals surface area contributed by atoms with Gasteiger partial charge in [0.1, 0.15) is 0 Å². The standard InChI is InChI=1S/C19H24N2O7/c1-26-14-8-12(9-15(27-2)17(14)28-3)21-16(22)10-13(18(21)23)20-6-4-11(5-7-20)19(24)25/h8-9,11,13H,4-7,10H2,1-3H3,(H,24,25). The molecule has 0 spiro atoms. The Morgan fingerprint density at radius 3 is 2.07 bits per heavy atom.